The number of hydrogen-bond acceptors (Lipinski definition) is 6. The molecule has 0 saturated carbocycles. The molecule has 0 aliphatic carbocycles. The largest absolute Gasteiger partial charge is 0.416 e. The third-order valence-electron chi connectivity index (χ3n) is 2.19. The number of nitrogens with one attached hydrogen (secondary N) is 1. The number of nitrogen functional groups attached to an aromatic ring is 1. The number of sulfonamides is 1. The van der Waals surface area contributed by atoms with E-state index in [1.54, 1.807) is 0 Å². The van der Waals surface area contributed by atoms with E-state index >= 15 is 0 Å². The third kappa shape index (κ3) is 3.63. The fourth-order valence-corrected chi connectivity index (χ4v) is 3.63. The van der Waals surface area contributed by atoms with Gasteiger partial charge in [-0.05, 0) is 34.1 Å². The first kappa shape index (κ1) is 16.0. The Labute approximate surface area is 129 Å². The van der Waals surface area contributed by atoms with Gasteiger partial charge in [0.2, 0.25) is 5.13 Å². The molecule has 1 heterocycles. The van der Waals surface area contributed by atoms with Crippen molar-refractivity contribution in [1.82, 2.24) is 10.2 Å². The molecule has 21 heavy (non-hydrogen) atoms. The van der Waals surface area contributed by atoms with Crippen molar-refractivity contribution < 1.29 is 21.6 Å². The molecule has 0 saturated heterocycles. The molecular weight excluding hydrogens is 397 g/mol. The summed E-state index contributed by atoms with van der Waals surface area (Å²) in [5.41, 5.74) is 4.02. The first-order chi connectivity index (χ1) is 9.59. The van der Waals surface area contributed by atoms with Gasteiger partial charge in [-0.3, -0.25) is 4.72 Å². The van der Waals surface area contributed by atoms with Gasteiger partial charge in [0.05, 0.1) is 11.3 Å². The van der Waals surface area contributed by atoms with Crippen LogP contribution in [-0.2, 0) is 16.2 Å². The molecule has 0 amide bonds. The highest BCUT2D eigenvalue weighted by atomic mass is 79.9. The molecule has 0 radical (unpaired) electrons. The summed E-state index contributed by atoms with van der Waals surface area (Å²) in [7, 11) is -4.16. The molecule has 0 spiro atoms. The van der Waals surface area contributed by atoms with E-state index in [-0.39, 0.29) is 15.3 Å². The van der Waals surface area contributed by atoms with Gasteiger partial charge in [-0.15, -0.1) is 10.2 Å². The molecular formula is C9H6BrF3N4O2S2. The number of alkyl halides is 3. The van der Waals surface area contributed by atoms with E-state index in [9.17, 15) is 21.6 Å². The van der Waals surface area contributed by atoms with Crippen LogP contribution >= 0.6 is 27.3 Å². The second-order valence-electron chi connectivity index (χ2n) is 3.70. The Hall–Kier alpha value is -1.40. The van der Waals surface area contributed by atoms with E-state index < -0.39 is 26.1 Å². The number of hydrogen-bond donors (Lipinski definition) is 2. The molecule has 3 N–H and O–H groups in total. The SMILES string of the molecule is Nc1nnc(S(=O)(=O)Nc2cc(C(F)(F)F)ccc2Br)s1. The molecule has 6 nitrogen and oxygen atoms in total. The molecule has 2 rings (SSSR count). The maximum absolute atomic E-state index is 12.6. The fourth-order valence-electron chi connectivity index (χ4n) is 1.30. The molecule has 1 aromatic heterocycles. The Bertz CT molecular complexity index is 776. The number of halogens is 4. The maximum atomic E-state index is 12.6. The molecule has 0 fully saturated rings. The van der Waals surface area contributed by atoms with Gasteiger partial charge in [0.15, 0.2) is 0 Å². The number of anilines is 2. The summed E-state index contributed by atoms with van der Waals surface area (Å²) in [5, 5.41) is 6.61. The van der Waals surface area contributed by atoms with Gasteiger partial charge in [0.1, 0.15) is 0 Å². The summed E-state index contributed by atoms with van der Waals surface area (Å²) < 4.78 is 63.5. The van der Waals surface area contributed by atoms with Crippen LogP contribution in [0.1, 0.15) is 5.56 Å². The molecule has 0 atom stereocenters. The van der Waals surface area contributed by atoms with E-state index in [2.05, 4.69) is 26.1 Å². The normalized spacial score (nSPS) is 12.4. The van der Waals surface area contributed by atoms with Crippen molar-refractivity contribution in [1.29, 1.82) is 0 Å². The molecule has 0 unspecified atom stereocenters. The van der Waals surface area contributed by atoms with Crippen LogP contribution in [0.3, 0.4) is 0 Å². The minimum Gasteiger partial charge on any atom is -0.374 e. The Balaban J connectivity index is 2.39. The summed E-state index contributed by atoms with van der Waals surface area (Å²) >= 11 is 3.57. The first-order valence-electron chi connectivity index (χ1n) is 5.08. The highest BCUT2D eigenvalue weighted by Crippen LogP contribution is 2.35. The van der Waals surface area contributed by atoms with Crippen molar-refractivity contribution in [2.24, 2.45) is 0 Å². The lowest BCUT2D eigenvalue weighted by Crippen LogP contribution is -2.14. The highest BCUT2D eigenvalue weighted by Gasteiger charge is 2.31. The molecule has 0 bridgehead atoms. The average Bonchev–Trinajstić information content (AvgIpc) is 2.78. The molecule has 0 aliphatic heterocycles. The smallest absolute Gasteiger partial charge is 0.374 e. The molecule has 0 aliphatic rings. The van der Waals surface area contributed by atoms with Gasteiger partial charge in [0, 0.05) is 4.47 Å². The number of nitrogens with zero attached hydrogens (tertiary/aromatic N) is 2. The second kappa shape index (κ2) is 5.42. The van der Waals surface area contributed by atoms with Gasteiger partial charge in [-0.1, -0.05) is 11.3 Å². The topological polar surface area (TPSA) is 98.0 Å². The van der Waals surface area contributed by atoms with Crippen molar-refractivity contribution in [2.45, 2.75) is 10.5 Å². The first-order valence-corrected chi connectivity index (χ1v) is 8.17. The monoisotopic (exact) mass is 402 g/mol. The van der Waals surface area contributed by atoms with Crippen LogP contribution in [0, 0.1) is 0 Å². The van der Waals surface area contributed by atoms with Crippen LogP contribution < -0.4 is 10.5 Å². The lowest BCUT2D eigenvalue weighted by atomic mass is 10.2. The number of aromatic nitrogens is 2. The zero-order valence-electron chi connectivity index (χ0n) is 9.85. The zero-order chi connectivity index (χ0) is 15.8. The van der Waals surface area contributed by atoms with Crippen LogP contribution in [0.2, 0.25) is 0 Å². The Kier molecular flexibility index (Phi) is 4.13. The predicted octanol–water partition coefficient (Wildman–Crippen LogP) is 2.70. The minimum atomic E-state index is -4.59. The van der Waals surface area contributed by atoms with Crippen molar-refractivity contribution in [3.8, 4) is 0 Å². The van der Waals surface area contributed by atoms with Crippen molar-refractivity contribution in [3.05, 3.63) is 28.2 Å². The Morgan fingerprint density at radius 2 is 1.95 bits per heavy atom. The average molecular weight is 403 g/mol. The van der Waals surface area contributed by atoms with E-state index in [4.69, 9.17) is 5.73 Å². The van der Waals surface area contributed by atoms with Crippen LogP contribution in [0.25, 0.3) is 0 Å². The van der Waals surface area contributed by atoms with Crippen LogP contribution in [0.5, 0.6) is 0 Å². The van der Waals surface area contributed by atoms with Gasteiger partial charge in [0.25, 0.3) is 14.4 Å². The molecule has 1 aromatic carbocycles. The molecule has 12 heteroatoms. The standard InChI is InChI=1S/C9H6BrF3N4O2S2/c10-5-2-1-4(9(11,12)13)3-6(5)17-21(18,19)8-16-15-7(14)20-8/h1-3,17H,(H2,14,15). The van der Waals surface area contributed by atoms with Gasteiger partial charge in [-0.25, -0.2) is 0 Å². The predicted molar refractivity (Wildman–Crippen MR) is 74.3 cm³/mol. The summed E-state index contributed by atoms with van der Waals surface area (Å²) in [5.74, 6) is 0. The number of benzene rings is 1. The lowest BCUT2D eigenvalue weighted by Gasteiger charge is -2.11. The molecule has 2 aromatic rings. The fraction of sp³-hybridized carbons (Fsp3) is 0.111. The van der Waals surface area contributed by atoms with Crippen LogP contribution in [0.4, 0.5) is 24.0 Å². The van der Waals surface area contributed by atoms with Gasteiger partial charge in [-0.2, -0.15) is 21.6 Å². The van der Waals surface area contributed by atoms with Gasteiger partial charge < -0.3 is 5.73 Å². The number of nitrogens with two attached hydrogens (primary N) is 1. The Morgan fingerprint density at radius 1 is 1.29 bits per heavy atom. The second-order valence-corrected chi connectivity index (χ2v) is 7.42. The van der Waals surface area contributed by atoms with Crippen molar-refractivity contribution in [2.75, 3.05) is 10.5 Å². The lowest BCUT2D eigenvalue weighted by molar-refractivity contribution is -0.137. The van der Waals surface area contributed by atoms with E-state index in [0.29, 0.717) is 17.4 Å². The zero-order valence-corrected chi connectivity index (χ0v) is 13.1. The minimum absolute atomic E-state index is 0.0708. The highest BCUT2D eigenvalue weighted by molar-refractivity contribution is 9.10. The summed E-state index contributed by atoms with van der Waals surface area (Å²) in [6.07, 6.45) is -4.59. The summed E-state index contributed by atoms with van der Waals surface area (Å²) in [4.78, 5) is 0. The van der Waals surface area contributed by atoms with Gasteiger partial charge >= 0.3 is 6.18 Å². The number of rotatable bonds is 3. The Morgan fingerprint density at radius 3 is 2.48 bits per heavy atom. The van der Waals surface area contributed by atoms with E-state index in [1.165, 1.54) is 0 Å². The van der Waals surface area contributed by atoms with E-state index in [1.807, 2.05) is 4.72 Å². The third-order valence-corrected chi connectivity index (χ3v) is 5.37. The van der Waals surface area contributed by atoms with Crippen molar-refractivity contribution in [3.63, 3.8) is 0 Å². The quantitative estimate of drug-likeness (QED) is 0.822. The maximum Gasteiger partial charge on any atom is 0.416 e. The molecule has 114 valence electrons. The van der Waals surface area contributed by atoms with Crippen molar-refractivity contribution >= 4 is 48.1 Å². The van der Waals surface area contributed by atoms with E-state index in [0.717, 1.165) is 12.1 Å². The summed E-state index contributed by atoms with van der Waals surface area (Å²) in [6.45, 7) is 0. The summed E-state index contributed by atoms with van der Waals surface area (Å²) in [6, 6.07) is 2.59. The van der Waals surface area contributed by atoms with Crippen LogP contribution in [-0.4, -0.2) is 18.6 Å². The van der Waals surface area contributed by atoms with Crippen LogP contribution in [0.15, 0.2) is 27.0 Å².